The Hall–Kier alpha value is -2.71. The molecule has 3 aliphatic rings. The Kier molecular flexibility index (Phi) is 7.48. The summed E-state index contributed by atoms with van der Waals surface area (Å²) in [5.41, 5.74) is 3.90. The Morgan fingerprint density at radius 1 is 1.03 bits per heavy atom. The van der Waals surface area contributed by atoms with E-state index in [0.29, 0.717) is 45.1 Å². The molecule has 188 valence electrons. The van der Waals surface area contributed by atoms with Gasteiger partial charge >= 0.3 is 0 Å². The standard InChI is InChI=1S/C27H37N5O3/c1-29-13-6-5-11-24(29)26(33)31-15-12-23-22(20-31)25(27(34)30-16-18-35-19-17-30)28-32(23)14-7-10-21-8-3-2-4-9-21/h2-4,8-9,24H,5-7,10-20H2,1H3. The molecule has 4 heterocycles. The number of piperidine rings is 1. The second-order valence-electron chi connectivity index (χ2n) is 9.99. The van der Waals surface area contributed by atoms with Crippen LogP contribution in [0.1, 0.15) is 53.0 Å². The van der Waals surface area contributed by atoms with Gasteiger partial charge in [-0.3, -0.25) is 19.2 Å². The van der Waals surface area contributed by atoms with Crippen molar-refractivity contribution in [3.8, 4) is 0 Å². The van der Waals surface area contributed by atoms with Gasteiger partial charge in [0.05, 0.1) is 19.3 Å². The summed E-state index contributed by atoms with van der Waals surface area (Å²) in [4.78, 5) is 32.9. The Bertz CT molecular complexity index is 1030. The van der Waals surface area contributed by atoms with Crippen molar-refractivity contribution in [3.63, 3.8) is 0 Å². The third-order valence-corrected chi connectivity index (χ3v) is 7.68. The minimum Gasteiger partial charge on any atom is -0.378 e. The average molecular weight is 480 g/mol. The molecule has 0 saturated carbocycles. The highest BCUT2D eigenvalue weighted by atomic mass is 16.5. The molecule has 8 nitrogen and oxygen atoms in total. The van der Waals surface area contributed by atoms with Gasteiger partial charge in [0.15, 0.2) is 5.69 Å². The maximum atomic E-state index is 13.5. The smallest absolute Gasteiger partial charge is 0.274 e. The molecule has 1 unspecified atom stereocenters. The molecule has 0 spiro atoms. The lowest BCUT2D eigenvalue weighted by molar-refractivity contribution is -0.138. The summed E-state index contributed by atoms with van der Waals surface area (Å²) >= 11 is 0. The van der Waals surface area contributed by atoms with Gasteiger partial charge in [0.1, 0.15) is 0 Å². The molecule has 8 heteroatoms. The number of rotatable bonds is 6. The van der Waals surface area contributed by atoms with E-state index in [4.69, 9.17) is 9.84 Å². The number of aryl methyl sites for hydroxylation is 2. The Morgan fingerprint density at radius 2 is 1.83 bits per heavy atom. The number of hydrogen-bond donors (Lipinski definition) is 0. The van der Waals surface area contributed by atoms with E-state index >= 15 is 0 Å². The molecule has 1 aromatic carbocycles. The largest absolute Gasteiger partial charge is 0.378 e. The molecule has 0 aliphatic carbocycles. The van der Waals surface area contributed by atoms with Crippen molar-refractivity contribution in [2.24, 2.45) is 0 Å². The Balaban J connectivity index is 1.36. The van der Waals surface area contributed by atoms with Crippen molar-refractivity contribution >= 4 is 11.8 Å². The van der Waals surface area contributed by atoms with Crippen molar-refractivity contribution in [3.05, 3.63) is 52.8 Å². The second-order valence-corrected chi connectivity index (χ2v) is 9.99. The molecule has 5 rings (SSSR count). The number of ether oxygens (including phenoxy) is 1. The third kappa shape index (κ3) is 5.28. The fourth-order valence-corrected chi connectivity index (χ4v) is 5.63. The van der Waals surface area contributed by atoms with Gasteiger partial charge < -0.3 is 14.5 Å². The highest BCUT2D eigenvalue weighted by Gasteiger charge is 2.35. The molecule has 3 aliphatic heterocycles. The molecule has 2 saturated heterocycles. The van der Waals surface area contributed by atoms with Crippen LogP contribution in [0.15, 0.2) is 30.3 Å². The first-order valence-corrected chi connectivity index (χ1v) is 13.1. The summed E-state index contributed by atoms with van der Waals surface area (Å²) in [6.45, 7) is 5.19. The normalized spacial score (nSPS) is 21.1. The van der Waals surface area contributed by atoms with Crippen molar-refractivity contribution in [1.29, 1.82) is 0 Å². The zero-order valence-electron chi connectivity index (χ0n) is 20.8. The summed E-state index contributed by atoms with van der Waals surface area (Å²) < 4.78 is 7.49. The van der Waals surface area contributed by atoms with Crippen molar-refractivity contribution < 1.29 is 14.3 Å². The number of hydrogen-bond acceptors (Lipinski definition) is 5. The SMILES string of the molecule is CN1CCCCC1C(=O)N1CCc2c(c(C(=O)N3CCOCC3)nn2CCCc2ccccc2)C1. The molecule has 0 bridgehead atoms. The highest BCUT2D eigenvalue weighted by molar-refractivity contribution is 5.94. The van der Waals surface area contributed by atoms with Crippen LogP contribution < -0.4 is 0 Å². The zero-order chi connectivity index (χ0) is 24.2. The van der Waals surface area contributed by atoms with E-state index in [2.05, 4.69) is 36.2 Å². The fourth-order valence-electron chi connectivity index (χ4n) is 5.63. The molecule has 0 N–H and O–H groups in total. The molecule has 1 atom stereocenters. The predicted octanol–water partition coefficient (Wildman–Crippen LogP) is 2.36. The van der Waals surface area contributed by atoms with Crippen LogP contribution in [0.4, 0.5) is 0 Å². The first-order valence-electron chi connectivity index (χ1n) is 13.1. The number of carbonyl (C=O) groups is 2. The quantitative estimate of drug-likeness (QED) is 0.636. The third-order valence-electron chi connectivity index (χ3n) is 7.68. The molecular formula is C27H37N5O3. The maximum Gasteiger partial charge on any atom is 0.274 e. The van der Waals surface area contributed by atoms with Crippen molar-refractivity contribution in [2.75, 3.05) is 46.4 Å². The molecule has 2 amide bonds. The van der Waals surface area contributed by atoms with Gasteiger partial charge in [-0.1, -0.05) is 36.8 Å². The van der Waals surface area contributed by atoms with Crippen LogP contribution >= 0.6 is 0 Å². The lowest BCUT2D eigenvalue weighted by Crippen LogP contribution is -2.50. The van der Waals surface area contributed by atoms with Crippen LogP contribution in [-0.4, -0.2) is 88.8 Å². The minimum absolute atomic E-state index is 0.0320. The number of aromatic nitrogens is 2. The van der Waals surface area contributed by atoms with Gasteiger partial charge in [-0.15, -0.1) is 0 Å². The van der Waals surface area contributed by atoms with Gasteiger partial charge in [0, 0.05) is 50.4 Å². The van der Waals surface area contributed by atoms with Gasteiger partial charge in [-0.05, 0) is 44.8 Å². The molecule has 2 fully saturated rings. The molecule has 35 heavy (non-hydrogen) atoms. The van der Waals surface area contributed by atoms with Crippen LogP contribution in [0.2, 0.25) is 0 Å². The summed E-state index contributed by atoms with van der Waals surface area (Å²) in [7, 11) is 2.05. The first kappa shape index (κ1) is 24.0. The number of carbonyl (C=O) groups excluding carboxylic acids is 2. The Morgan fingerprint density at radius 3 is 2.60 bits per heavy atom. The number of likely N-dealkylation sites (tertiary alicyclic amines) is 1. The van der Waals surface area contributed by atoms with Crippen molar-refractivity contribution in [1.82, 2.24) is 24.5 Å². The maximum absolute atomic E-state index is 13.5. The van der Waals surface area contributed by atoms with E-state index in [0.717, 1.165) is 62.9 Å². The lowest BCUT2D eigenvalue weighted by atomic mass is 9.99. The van der Waals surface area contributed by atoms with Crippen molar-refractivity contribution in [2.45, 2.75) is 57.7 Å². The summed E-state index contributed by atoms with van der Waals surface area (Å²) in [6.07, 6.45) is 5.83. The number of fused-ring (bicyclic) bond motifs is 1. The van der Waals surface area contributed by atoms with E-state index in [1.807, 2.05) is 20.5 Å². The number of benzene rings is 1. The van der Waals surface area contributed by atoms with Crippen LogP contribution in [0.3, 0.4) is 0 Å². The van der Waals surface area contributed by atoms with Crippen LogP contribution in [0.25, 0.3) is 0 Å². The number of nitrogens with zero attached hydrogens (tertiary/aromatic N) is 5. The molecule has 1 aromatic heterocycles. The van der Waals surface area contributed by atoms with E-state index < -0.39 is 0 Å². The molecule has 0 radical (unpaired) electrons. The van der Waals surface area contributed by atoms with E-state index in [-0.39, 0.29) is 17.9 Å². The fraction of sp³-hybridized carbons (Fsp3) is 0.593. The van der Waals surface area contributed by atoms with Gasteiger partial charge in [-0.2, -0.15) is 5.10 Å². The predicted molar refractivity (Wildman–Crippen MR) is 133 cm³/mol. The van der Waals surface area contributed by atoms with Crippen LogP contribution in [-0.2, 0) is 35.5 Å². The van der Waals surface area contributed by atoms with Crippen LogP contribution in [0, 0.1) is 0 Å². The Labute approximate surface area is 207 Å². The lowest BCUT2D eigenvalue weighted by Gasteiger charge is -2.37. The highest BCUT2D eigenvalue weighted by Crippen LogP contribution is 2.27. The van der Waals surface area contributed by atoms with Gasteiger partial charge in [-0.25, -0.2) is 0 Å². The monoisotopic (exact) mass is 479 g/mol. The van der Waals surface area contributed by atoms with E-state index in [1.54, 1.807) is 0 Å². The average Bonchev–Trinajstić information content (AvgIpc) is 3.27. The van der Waals surface area contributed by atoms with E-state index in [9.17, 15) is 9.59 Å². The number of morpholine rings is 1. The zero-order valence-corrected chi connectivity index (χ0v) is 20.8. The summed E-state index contributed by atoms with van der Waals surface area (Å²) in [6, 6.07) is 10.4. The van der Waals surface area contributed by atoms with E-state index in [1.165, 1.54) is 5.56 Å². The van der Waals surface area contributed by atoms with Gasteiger partial charge in [0.2, 0.25) is 5.91 Å². The number of amides is 2. The summed E-state index contributed by atoms with van der Waals surface area (Å²) in [5.74, 6) is 0.162. The first-order chi connectivity index (χ1) is 17.1. The topological polar surface area (TPSA) is 70.9 Å². The number of likely N-dealkylation sites (N-methyl/N-ethyl adjacent to an activating group) is 1. The minimum atomic E-state index is -0.0513. The molecular weight excluding hydrogens is 442 g/mol. The van der Waals surface area contributed by atoms with Gasteiger partial charge in [0.25, 0.3) is 5.91 Å². The summed E-state index contributed by atoms with van der Waals surface area (Å²) in [5, 5.41) is 4.86. The van der Waals surface area contributed by atoms with Crippen LogP contribution in [0.5, 0.6) is 0 Å². The second kappa shape index (κ2) is 10.9. The molecule has 2 aromatic rings.